The minimum atomic E-state index is -0.524. The van der Waals surface area contributed by atoms with E-state index in [0.29, 0.717) is 18.8 Å². The van der Waals surface area contributed by atoms with Crippen molar-refractivity contribution in [2.75, 3.05) is 25.1 Å². The van der Waals surface area contributed by atoms with Gasteiger partial charge < -0.3 is 20.6 Å². The highest BCUT2D eigenvalue weighted by atomic mass is 19.1. The second kappa shape index (κ2) is 6.94. The molecule has 0 saturated heterocycles. The van der Waals surface area contributed by atoms with E-state index in [9.17, 15) is 4.39 Å². The molecule has 0 aromatic heterocycles. The Labute approximate surface area is 112 Å². The number of rotatable bonds is 6. The van der Waals surface area contributed by atoms with Gasteiger partial charge in [0.15, 0.2) is 5.84 Å². The van der Waals surface area contributed by atoms with E-state index in [0.717, 1.165) is 0 Å². The molecule has 0 aliphatic carbocycles. The molecule has 0 atom stereocenters. The molecule has 0 radical (unpaired) electrons. The Hall–Kier alpha value is -1.82. The Balaban J connectivity index is 2.90. The lowest BCUT2D eigenvalue weighted by Gasteiger charge is -2.22. The molecule has 1 aromatic rings. The van der Waals surface area contributed by atoms with Crippen LogP contribution in [0.15, 0.2) is 23.4 Å². The molecule has 0 aliphatic heterocycles. The summed E-state index contributed by atoms with van der Waals surface area (Å²) in [6.45, 7) is 4.99. The number of hydrogen-bond acceptors (Lipinski definition) is 4. The second-order valence-corrected chi connectivity index (χ2v) is 4.46. The Bertz CT molecular complexity index is 450. The van der Waals surface area contributed by atoms with Crippen LogP contribution in [0.4, 0.5) is 10.1 Å². The van der Waals surface area contributed by atoms with Gasteiger partial charge in [-0.05, 0) is 26.0 Å². The number of benzene rings is 1. The van der Waals surface area contributed by atoms with Gasteiger partial charge in [0.25, 0.3) is 0 Å². The Morgan fingerprint density at radius 3 is 2.79 bits per heavy atom. The van der Waals surface area contributed by atoms with Gasteiger partial charge in [0, 0.05) is 13.6 Å². The van der Waals surface area contributed by atoms with E-state index < -0.39 is 5.82 Å². The highest BCUT2D eigenvalue weighted by molar-refractivity contribution is 6.02. The highest BCUT2D eigenvalue weighted by Crippen LogP contribution is 2.22. The number of hydrogen-bond donors (Lipinski definition) is 2. The number of nitrogens with two attached hydrogens (primary N) is 1. The third-order valence-electron chi connectivity index (χ3n) is 2.64. The molecular weight excluding hydrogens is 249 g/mol. The SMILES string of the molecule is CC(C)OCCN(C)c1cccc(F)c1/C(N)=N/O. The number of nitrogens with zero attached hydrogens (tertiary/aromatic N) is 2. The fourth-order valence-corrected chi connectivity index (χ4v) is 1.68. The third kappa shape index (κ3) is 4.10. The smallest absolute Gasteiger partial charge is 0.175 e. The fourth-order valence-electron chi connectivity index (χ4n) is 1.68. The highest BCUT2D eigenvalue weighted by Gasteiger charge is 2.15. The van der Waals surface area contributed by atoms with Gasteiger partial charge in [0.2, 0.25) is 0 Å². The van der Waals surface area contributed by atoms with E-state index in [4.69, 9.17) is 15.7 Å². The molecule has 0 bridgehead atoms. The van der Waals surface area contributed by atoms with Crippen molar-refractivity contribution >= 4 is 11.5 Å². The van der Waals surface area contributed by atoms with Crippen LogP contribution in [0.1, 0.15) is 19.4 Å². The maximum Gasteiger partial charge on any atom is 0.175 e. The van der Waals surface area contributed by atoms with Crippen molar-refractivity contribution in [3.63, 3.8) is 0 Å². The Morgan fingerprint density at radius 1 is 1.53 bits per heavy atom. The van der Waals surface area contributed by atoms with Crippen LogP contribution in [0.25, 0.3) is 0 Å². The van der Waals surface area contributed by atoms with Crippen LogP contribution in [0.2, 0.25) is 0 Å². The molecule has 0 aliphatic rings. The van der Waals surface area contributed by atoms with Crippen molar-refractivity contribution < 1.29 is 14.3 Å². The lowest BCUT2D eigenvalue weighted by Crippen LogP contribution is -2.27. The maximum absolute atomic E-state index is 13.8. The molecule has 6 heteroatoms. The van der Waals surface area contributed by atoms with E-state index in [1.807, 2.05) is 13.8 Å². The molecule has 0 heterocycles. The fraction of sp³-hybridized carbons (Fsp3) is 0.462. The number of amidine groups is 1. The molecule has 1 rings (SSSR count). The molecule has 1 aromatic carbocycles. The van der Waals surface area contributed by atoms with Crippen LogP contribution in [-0.2, 0) is 4.74 Å². The first-order valence-electron chi connectivity index (χ1n) is 6.06. The number of halogens is 1. The quantitative estimate of drug-likeness (QED) is 0.357. The van der Waals surface area contributed by atoms with Crippen molar-refractivity contribution in [3.05, 3.63) is 29.6 Å². The van der Waals surface area contributed by atoms with Crippen molar-refractivity contribution in [2.45, 2.75) is 20.0 Å². The summed E-state index contributed by atoms with van der Waals surface area (Å²) in [5.41, 5.74) is 6.17. The van der Waals surface area contributed by atoms with Crippen LogP contribution in [0.5, 0.6) is 0 Å². The summed E-state index contributed by atoms with van der Waals surface area (Å²) < 4.78 is 19.2. The number of anilines is 1. The molecule has 0 spiro atoms. The van der Waals surface area contributed by atoms with Gasteiger partial charge in [0.05, 0.1) is 24.0 Å². The first-order valence-corrected chi connectivity index (χ1v) is 6.06. The molecule has 5 nitrogen and oxygen atoms in total. The molecule has 0 unspecified atom stereocenters. The molecule has 106 valence electrons. The minimum Gasteiger partial charge on any atom is -0.409 e. The number of ether oxygens (including phenoxy) is 1. The van der Waals surface area contributed by atoms with Crippen molar-refractivity contribution in [2.24, 2.45) is 10.9 Å². The van der Waals surface area contributed by atoms with E-state index in [-0.39, 0.29) is 17.5 Å². The predicted octanol–water partition coefficient (Wildman–Crippen LogP) is 1.78. The average Bonchev–Trinajstić information content (AvgIpc) is 2.37. The Kier molecular flexibility index (Phi) is 5.57. The maximum atomic E-state index is 13.8. The molecular formula is C13H20FN3O2. The van der Waals surface area contributed by atoms with Crippen molar-refractivity contribution in [1.29, 1.82) is 0 Å². The van der Waals surface area contributed by atoms with Crippen LogP contribution in [0.3, 0.4) is 0 Å². The van der Waals surface area contributed by atoms with Crippen molar-refractivity contribution in [1.82, 2.24) is 0 Å². The molecule has 0 saturated carbocycles. The van der Waals surface area contributed by atoms with E-state index in [2.05, 4.69) is 5.16 Å². The van der Waals surface area contributed by atoms with Crippen LogP contribution in [0, 0.1) is 5.82 Å². The average molecular weight is 269 g/mol. The molecule has 0 fully saturated rings. The van der Waals surface area contributed by atoms with Crippen molar-refractivity contribution in [3.8, 4) is 0 Å². The zero-order valence-electron chi connectivity index (χ0n) is 11.4. The predicted molar refractivity (Wildman–Crippen MR) is 73.3 cm³/mol. The lowest BCUT2D eigenvalue weighted by atomic mass is 10.1. The summed E-state index contributed by atoms with van der Waals surface area (Å²) in [6, 6.07) is 4.57. The summed E-state index contributed by atoms with van der Waals surface area (Å²) in [7, 11) is 1.80. The normalized spacial score (nSPS) is 11.9. The minimum absolute atomic E-state index is 0.0945. The van der Waals surface area contributed by atoms with Gasteiger partial charge >= 0.3 is 0 Å². The van der Waals surface area contributed by atoms with Crippen LogP contribution in [-0.4, -0.2) is 37.3 Å². The zero-order valence-corrected chi connectivity index (χ0v) is 11.4. The monoisotopic (exact) mass is 269 g/mol. The van der Waals surface area contributed by atoms with Gasteiger partial charge in [-0.25, -0.2) is 4.39 Å². The summed E-state index contributed by atoms with van der Waals surface area (Å²) in [5.74, 6) is -0.769. The topological polar surface area (TPSA) is 71.1 Å². The van der Waals surface area contributed by atoms with Crippen LogP contribution >= 0.6 is 0 Å². The van der Waals surface area contributed by atoms with Gasteiger partial charge in [0.1, 0.15) is 5.82 Å². The first kappa shape index (κ1) is 15.2. The molecule has 0 amide bonds. The summed E-state index contributed by atoms with van der Waals surface area (Å²) in [5, 5.41) is 11.6. The molecule has 19 heavy (non-hydrogen) atoms. The van der Waals surface area contributed by atoms with Gasteiger partial charge in [-0.1, -0.05) is 11.2 Å². The lowest BCUT2D eigenvalue weighted by molar-refractivity contribution is 0.0846. The number of likely N-dealkylation sites (N-methyl/N-ethyl adjacent to an activating group) is 1. The summed E-state index contributed by atoms with van der Waals surface area (Å²) in [6.07, 6.45) is 0.143. The zero-order chi connectivity index (χ0) is 14.4. The van der Waals surface area contributed by atoms with Gasteiger partial charge in [-0.3, -0.25) is 0 Å². The largest absolute Gasteiger partial charge is 0.409 e. The first-order chi connectivity index (χ1) is 8.97. The van der Waals surface area contributed by atoms with Gasteiger partial charge in [-0.15, -0.1) is 0 Å². The standard InChI is InChI=1S/C13H20FN3O2/c1-9(2)19-8-7-17(3)11-6-4-5-10(14)12(11)13(15)16-18/h4-6,9,18H,7-8H2,1-3H3,(H2,15,16). The van der Waals surface area contributed by atoms with E-state index in [1.54, 1.807) is 24.1 Å². The second-order valence-electron chi connectivity index (χ2n) is 4.46. The molecule has 3 N–H and O–H groups in total. The third-order valence-corrected chi connectivity index (χ3v) is 2.64. The van der Waals surface area contributed by atoms with E-state index >= 15 is 0 Å². The number of oxime groups is 1. The van der Waals surface area contributed by atoms with Gasteiger partial charge in [-0.2, -0.15) is 0 Å². The van der Waals surface area contributed by atoms with Crippen LogP contribution < -0.4 is 10.6 Å². The summed E-state index contributed by atoms with van der Waals surface area (Å²) in [4.78, 5) is 1.80. The Morgan fingerprint density at radius 2 is 2.21 bits per heavy atom. The van der Waals surface area contributed by atoms with E-state index in [1.165, 1.54) is 6.07 Å². The summed E-state index contributed by atoms with van der Waals surface area (Å²) >= 11 is 0.